The van der Waals surface area contributed by atoms with Gasteiger partial charge in [0.25, 0.3) is 0 Å². The number of benzene rings is 1. The highest BCUT2D eigenvalue weighted by Crippen LogP contribution is 2.28. The van der Waals surface area contributed by atoms with Gasteiger partial charge in [0.1, 0.15) is 12.1 Å². The van der Waals surface area contributed by atoms with Gasteiger partial charge in [0.2, 0.25) is 5.91 Å². The van der Waals surface area contributed by atoms with Crippen LogP contribution in [0.5, 0.6) is 0 Å². The van der Waals surface area contributed by atoms with Crippen LogP contribution in [0.1, 0.15) is 18.1 Å². The Kier molecular flexibility index (Phi) is 5.28. The predicted molar refractivity (Wildman–Crippen MR) is 115 cm³/mol. The number of amides is 1. The Labute approximate surface area is 169 Å². The van der Waals surface area contributed by atoms with Gasteiger partial charge in [0, 0.05) is 31.9 Å². The van der Waals surface area contributed by atoms with Gasteiger partial charge in [-0.25, -0.2) is 9.97 Å². The fourth-order valence-corrected chi connectivity index (χ4v) is 4.47. The molecule has 6 nitrogen and oxygen atoms in total. The molecule has 2 aromatic heterocycles. The van der Waals surface area contributed by atoms with Crippen LogP contribution in [0.2, 0.25) is 0 Å². The number of hydrogen-bond acceptors (Lipinski definition) is 6. The zero-order valence-electron chi connectivity index (χ0n) is 16.5. The summed E-state index contributed by atoms with van der Waals surface area (Å²) >= 11 is 1.68. The van der Waals surface area contributed by atoms with E-state index in [-0.39, 0.29) is 11.9 Å². The number of aromatic nitrogens is 2. The van der Waals surface area contributed by atoms with E-state index in [1.54, 1.807) is 17.7 Å². The summed E-state index contributed by atoms with van der Waals surface area (Å²) in [6, 6.07) is 7.86. The van der Waals surface area contributed by atoms with E-state index in [2.05, 4.69) is 43.5 Å². The lowest BCUT2D eigenvalue weighted by Gasteiger charge is -2.38. The van der Waals surface area contributed by atoms with Crippen molar-refractivity contribution in [3.8, 4) is 0 Å². The molecule has 0 aliphatic carbocycles. The van der Waals surface area contributed by atoms with Gasteiger partial charge in [-0.05, 0) is 49.4 Å². The van der Waals surface area contributed by atoms with Crippen LogP contribution in [-0.4, -0.2) is 53.0 Å². The zero-order chi connectivity index (χ0) is 19.7. The minimum Gasteiger partial charge on any atom is -0.353 e. The van der Waals surface area contributed by atoms with Crippen molar-refractivity contribution in [1.29, 1.82) is 0 Å². The second kappa shape index (κ2) is 7.85. The number of thiophene rings is 1. The van der Waals surface area contributed by atoms with Crippen LogP contribution in [0.25, 0.3) is 10.2 Å². The van der Waals surface area contributed by atoms with E-state index in [0.29, 0.717) is 0 Å². The summed E-state index contributed by atoms with van der Waals surface area (Å²) in [5, 5.41) is 5.15. The molecule has 0 spiro atoms. The molecular weight excluding hydrogens is 370 g/mol. The number of nitrogens with zero attached hydrogens (tertiary/aromatic N) is 4. The maximum Gasteiger partial charge on any atom is 0.241 e. The van der Waals surface area contributed by atoms with Gasteiger partial charge in [-0.2, -0.15) is 0 Å². The van der Waals surface area contributed by atoms with Crippen molar-refractivity contribution in [2.75, 3.05) is 36.4 Å². The van der Waals surface area contributed by atoms with Gasteiger partial charge in [-0.15, -0.1) is 11.3 Å². The van der Waals surface area contributed by atoms with E-state index in [0.717, 1.165) is 53.5 Å². The molecule has 4 rings (SSSR count). The van der Waals surface area contributed by atoms with Crippen LogP contribution in [0.3, 0.4) is 0 Å². The highest BCUT2D eigenvalue weighted by Gasteiger charge is 2.27. The summed E-state index contributed by atoms with van der Waals surface area (Å²) in [5.74, 6) is 1.05. The van der Waals surface area contributed by atoms with Crippen molar-refractivity contribution in [3.05, 3.63) is 47.1 Å². The second-order valence-electron chi connectivity index (χ2n) is 7.27. The zero-order valence-corrected chi connectivity index (χ0v) is 17.3. The molecule has 1 unspecified atom stereocenters. The standard InChI is InChI=1S/C21H25N5OS/c1-14-5-4-6-17(15(14)2)24-21(27)16(3)25-8-10-26(11-9-25)20-19-18(7-12-28-19)22-13-23-20/h4-7,12-13,16H,8-11H2,1-3H3,(H,24,27). The SMILES string of the molecule is Cc1cccc(NC(=O)C(C)N2CCN(c3ncnc4ccsc34)CC2)c1C. The molecule has 146 valence electrons. The first kappa shape index (κ1) is 18.8. The molecular formula is C21H25N5OS. The summed E-state index contributed by atoms with van der Waals surface area (Å²) < 4.78 is 1.14. The Morgan fingerprint density at radius 1 is 1.14 bits per heavy atom. The quantitative estimate of drug-likeness (QED) is 0.733. The van der Waals surface area contributed by atoms with Crippen molar-refractivity contribution in [3.63, 3.8) is 0 Å². The molecule has 0 radical (unpaired) electrons. The summed E-state index contributed by atoms with van der Waals surface area (Å²) in [6.45, 7) is 9.46. The minimum atomic E-state index is -0.172. The lowest BCUT2D eigenvalue weighted by atomic mass is 10.1. The molecule has 3 aromatic rings. The van der Waals surface area contributed by atoms with Crippen molar-refractivity contribution >= 4 is 39.0 Å². The van der Waals surface area contributed by atoms with Crippen molar-refractivity contribution in [2.45, 2.75) is 26.8 Å². The van der Waals surface area contributed by atoms with E-state index in [1.165, 1.54) is 5.56 Å². The summed E-state index contributed by atoms with van der Waals surface area (Å²) in [4.78, 5) is 26.2. The Morgan fingerprint density at radius 2 is 1.93 bits per heavy atom. The highest BCUT2D eigenvalue weighted by molar-refractivity contribution is 7.17. The van der Waals surface area contributed by atoms with E-state index in [9.17, 15) is 4.79 Å². The van der Waals surface area contributed by atoms with E-state index >= 15 is 0 Å². The number of anilines is 2. The molecule has 1 aliphatic heterocycles. The monoisotopic (exact) mass is 395 g/mol. The Balaban J connectivity index is 1.40. The van der Waals surface area contributed by atoms with Gasteiger partial charge in [-0.3, -0.25) is 9.69 Å². The van der Waals surface area contributed by atoms with Gasteiger partial charge < -0.3 is 10.2 Å². The van der Waals surface area contributed by atoms with Crippen molar-refractivity contribution in [1.82, 2.24) is 14.9 Å². The van der Waals surface area contributed by atoms with Crippen molar-refractivity contribution < 1.29 is 4.79 Å². The molecule has 0 saturated carbocycles. The van der Waals surface area contributed by atoms with Crippen LogP contribution in [0.15, 0.2) is 36.0 Å². The predicted octanol–water partition coefficient (Wildman–Crippen LogP) is 3.46. The molecule has 28 heavy (non-hydrogen) atoms. The number of fused-ring (bicyclic) bond motifs is 1. The number of hydrogen-bond donors (Lipinski definition) is 1. The Morgan fingerprint density at radius 3 is 2.71 bits per heavy atom. The van der Waals surface area contributed by atoms with E-state index < -0.39 is 0 Å². The summed E-state index contributed by atoms with van der Waals surface area (Å²) in [5.41, 5.74) is 4.20. The molecule has 1 aliphatic rings. The van der Waals surface area contributed by atoms with E-state index in [4.69, 9.17) is 0 Å². The fraction of sp³-hybridized carbons (Fsp3) is 0.381. The first-order valence-electron chi connectivity index (χ1n) is 9.59. The summed E-state index contributed by atoms with van der Waals surface area (Å²) in [7, 11) is 0. The van der Waals surface area contributed by atoms with Crippen LogP contribution < -0.4 is 10.2 Å². The third kappa shape index (κ3) is 3.59. The largest absolute Gasteiger partial charge is 0.353 e. The highest BCUT2D eigenvalue weighted by atomic mass is 32.1. The molecule has 7 heteroatoms. The third-order valence-electron chi connectivity index (χ3n) is 5.63. The van der Waals surface area contributed by atoms with Gasteiger partial charge in [0.05, 0.1) is 16.3 Å². The first-order chi connectivity index (χ1) is 13.5. The van der Waals surface area contributed by atoms with Crippen molar-refractivity contribution in [2.24, 2.45) is 0 Å². The molecule has 1 N–H and O–H groups in total. The van der Waals surface area contributed by atoms with Gasteiger partial charge >= 0.3 is 0 Å². The average molecular weight is 396 g/mol. The lowest BCUT2D eigenvalue weighted by molar-refractivity contribution is -0.120. The molecule has 3 heterocycles. The average Bonchev–Trinajstić information content (AvgIpc) is 3.20. The topological polar surface area (TPSA) is 61.4 Å². The lowest BCUT2D eigenvalue weighted by Crippen LogP contribution is -2.53. The number of carbonyl (C=O) groups is 1. The number of carbonyl (C=O) groups excluding carboxylic acids is 1. The smallest absolute Gasteiger partial charge is 0.241 e. The molecule has 1 saturated heterocycles. The molecule has 1 aromatic carbocycles. The molecule has 1 fully saturated rings. The van der Waals surface area contributed by atoms with Crippen LogP contribution in [0.4, 0.5) is 11.5 Å². The fourth-order valence-electron chi connectivity index (χ4n) is 3.61. The number of rotatable bonds is 4. The van der Waals surface area contributed by atoms with Gasteiger partial charge in [-0.1, -0.05) is 12.1 Å². The molecule has 0 bridgehead atoms. The maximum absolute atomic E-state index is 12.8. The Bertz CT molecular complexity index is 993. The minimum absolute atomic E-state index is 0.0461. The summed E-state index contributed by atoms with van der Waals surface area (Å²) in [6.07, 6.45) is 1.64. The van der Waals surface area contributed by atoms with Crippen LogP contribution >= 0.6 is 11.3 Å². The normalized spacial score (nSPS) is 16.3. The van der Waals surface area contributed by atoms with E-state index in [1.807, 2.05) is 32.0 Å². The van der Waals surface area contributed by atoms with Crippen LogP contribution in [-0.2, 0) is 4.79 Å². The first-order valence-corrected chi connectivity index (χ1v) is 10.5. The Hall–Kier alpha value is -2.51. The van der Waals surface area contributed by atoms with Gasteiger partial charge in [0.15, 0.2) is 0 Å². The number of nitrogens with one attached hydrogen (secondary N) is 1. The van der Waals surface area contributed by atoms with Crippen LogP contribution in [0, 0.1) is 13.8 Å². The molecule has 1 atom stereocenters. The molecule has 1 amide bonds. The number of piperazine rings is 1. The number of aryl methyl sites for hydroxylation is 1. The second-order valence-corrected chi connectivity index (χ2v) is 8.18. The third-order valence-corrected chi connectivity index (χ3v) is 6.53. The maximum atomic E-state index is 12.8.